The number of nitrogens with one attached hydrogen (secondary N) is 2. The van der Waals surface area contributed by atoms with Gasteiger partial charge in [0.1, 0.15) is 5.82 Å². The quantitative estimate of drug-likeness (QED) is 0.597. The van der Waals surface area contributed by atoms with E-state index in [0.29, 0.717) is 18.2 Å². The van der Waals surface area contributed by atoms with Gasteiger partial charge in [0, 0.05) is 36.8 Å². The summed E-state index contributed by atoms with van der Waals surface area (Å²) in [7, 11) is 0. The molecule has 1 fully saturated rings. The van der Waals surface area contributed by atoms with Crippen LogP contribution in [0.1, 0.15) is 30.9 Å². The third-order valence-corrected chi connectivity index (χ3v) is 6.55. The molecule has 5 rings (SSSR count). The summed E-state index contributed by atoms with van der Waals surface area (Å²) in [6, 6.07) is 15.3. The standard InChI is InChI=1S/C25H28FN5O/c26-18-4-3-5-20(14-18)29-25(32)10-13-30-11-8-19(9-12-30)28-16-24-22-7-2-1-6-21(22)23-15-27-17-31(23)24/h1-7,14-15,17,19,24,28H,8-13,16H2,(H,29,32). The molecule has 166 valence electrons. The molecule has 2 aromatic carbocycles. The summed E-state index contributed by atoms with van der Waals surface area (Å²) in [5.41, 5.74) is 4.34. The van der Waals surface area contributed by atoms with Crippen LogP contribution in [0.3, 0.4) is 0 Å². The van der Waals surface area contributed by atoms with Gasteiger partial charge in [0.25, 0.3) is 0 Å². The number of anilines is 1. The average molecular weight is 434 g/mol. The molecule has 0 radical (unpaired) electrons. The fourth-order valence-electron chi connectivity index (χ4n) is 4.83. The lowest BCUT2D eigenvalue weighted by atomic mass is 10.0. The Morgan fingerprint density at radius 3 is 2.81 bits per heavy atom. The summed E-state index contributed by atoms with van der Waals surface area (Å²) in [5.74, 6) is -0.422. The number of piperidine rings is 1. The van der Waals surface area contributed by atoms with Crippen LogP contribution in [0.25, 0.3) is 11.3 Å². The second-order valence-electron chi connectivity index (χ2n) is 8.62. The van der Waals surface area contributed by atoms with Gasteiger partial charge in [-0.3, -0.25) is 4.79 Å². The van der Waals surface area contributed by atoms with Gasteiger partial charge in [0.15, 0.2) is 0 Å². The van der Waals surface area contributed by atoms with Crippen molar-refractivity contribution in [2.45, 2.75) is 31.3 Å². The second kappa shape index (κ2) is 9.22. The maximum Gasteiger partial charge on any atom is 0.225 e. The molecule has 2 N–H and O–H groups in total. The number of halogens is 1. The SMILES string of the molecule is O=C(CCN1CCC(NCC2c3ccccc3-c3cncn32)CC1)Nc1cccc(F)c1. The van der Waals surface area contributed by atoms with Crippen molar-refractivity contribution in [3.8, 4) is 11.3 Å². The first-order valence-electron chi connectivity index (χ1n) is 11.3. The number of rotatable bonds is 7. The number of carbonyl (C=O) groups is 1. The minimum Gasteiger partial charge on any atom is -0.326 e. The van der Waals surface area contributed by atoms with Crippen molar-refractivity contribution in [2.24, 2.45) is 0 Å². The number of hydrogen-bond acceptors (Lipinski definition) is 4. The summed E-state index contributed by atoms with van der Waals surface area (Å²) >= 11 is 0. The predicted molar refractivity (Wildman–Crippen MR) is 123 cm³/mol. The Balaban J connectivity index is 1.07. The molecule has 3 heterocycles. The van der Waals surface area contributed by atoms with Gasteiger partial charge in [0.05, 0.1) is 24.3 Å². The number of nitrogens with zero attached hydrogens (tertiary/aromatic N) is 3. The first kappa shape index (κ1) is 20.8. The van der Waals surface area contributed by atoms with E-state index < -0.39 is 0 Å². The first-order chi connectivity index (χ1) is 15.7. The summed E-state index contributed by atoms with van der Waals surface area (Å²) in [5, 5.41) is 6.54. The molecule has 0 aliphatic carbocycles. The van der Waals surface area contributed by atoms with Gasteiger partial charge in [-0.1, -0.05) is 30.3 Å². The van der Waals surface area contributed by atoms with E-state index in [1.54, 1.807) is 12.1 Å². The number of fused-ring (bicyclic) bond motifs is 3. The third kappa shape index (κ3) is 4.45. The molecule has 1 aromatic heterocycles. The molecule has 0 spiro atoms. The van der Waals surface area contributed by atoms with Crippen LogP contribution in [0.15, 0.2) is 61.1 Å². The van der Waals surface area contributed by atoms with Gasteiger partial charge in [-0.15, -0.1) is 0 Å². The Hall–Kier alpha value is -3.03. The van der Waals surface area contributed by atoms with E-state index in [0.717, 1.165) is 39.0 Å². The van der Waals surface area contributed by atoms with Crippen LogP contribution >= 0.6 is 0 Å². The molecule has 3 aromatic rings. The summed E-state index contributed by atoms with van der Waals surface area (Å²) in [6.45, 7) is 3.56. The molecule has 6 nitrogen and oxygen atoms in total. The Morgan fingerprint density at radius 1 is 1.12 bits per heavy atom. The van der Waals surface area contributed by atoms with Crippen LogP contribution in [0.2, 0.25) is 0 Å². The zero-order chi connectivity index (χ0) is 21.9. The zero-order valence-electron chi connectivity index (χ0n) is 18.0. The van der Waals surface area contributed by atoms with Crippen LogP contribution in [0, 0.1) is 5.82 Å². The van der Waals surface area contributed by atoms with Crippen molar-refractivity contribution >= 4 is 11.6 Å². The molecule has 0 bridgehead atoms. The molecule has 1 amide bonds. The van der Waals surface area contributed by atoms with Crippen LogP contribution in [0.4, 0.5) is 10.1 Å². The van der Waals surface area contributed by atoms with Crippen LogP contribution < -0.4 is 10.6 Å². The number of carbonyl (C=O) groups excluding carboxylic acids is 1. The lowest BCUT2D eigenvalue weighted by Crippen LogP contribution is -2.44. The molecule has 1 saturated heterocycles. The van der Waals surface area contributed by atoms with Crippen molar-refractivity contribution in [3.05, 3.63) is 72.4 Å². The van der Waals surface area contributed by atoms with Gasteiger partial charge in [-0.05, 0) is 49.7 Å². The highest BCUT2D eigenvalue weighted by atomic mass is 19.1. The molecule has 32 heavy (non-hydrogen) atoms. The normalized spacial score (nSPS) is 18.3. The maximum absolute atomic E-state index is 13.3. The van der Waals surface area contributed by atoms with Crippen molar-refractivity contribution in [3.63, 3.8) is 0 Å². The molecule has 1 unspecified atom stereocenters. The topological polar surface area (TPSA) is 62.2 Å². The monoisotopic (exact) mass is 433 g/mol. The molecule has 1 atom stereocenters. The average Bonchev–Trinajstić information content (AvgIpc) is 3.39. The Morgan fingerprint density at radius 2 is 1.97 bits per heavy atom. The zero-order valence-corrected chi connectivity index (χ0v) is 18.0. The second-order valence-corrected chi connectivity index (χ2v) is 8.62. The van der Waals surface area contributed by atoms with E-state index in [1.165, 1.54) is 29.0 Å². The minimum atomic E-state index is -0.345. The number of amides is 1. The van der Waals surface area contributed by atoms with Crippen molar-refractivity contribution < 1.29 is 9.18 Å². The van der Waals surface area contributed by atoms with E-state index in [9.17, 15) is 9.18 Å². The first-order valence-corrected chi connectivity index (χ1v) is 11.3. The van der Waals surface area contributed by atoms with Gasteiger partial charge < -0.3 is 20.1 Å². The summed E-state index contributed by atoms with van der Waals surface area (Å²) in [6.07, 6.45) is 6.42. The summed E-state index contributed by atoms with van der Waals surface area (Å²) in [4.78, 5) is 18.9. The van der Waals surface area contributed by atoms with E-state index in [4.69, 9.17) is 0 Å². The maximum atomic E-state index is 13.3. The molecular formula is C25H28FN5O. The van der Waals surface area contributed by atoms with Crippen molar-refractivity contribution in [1.82, 2.24) is 19.8 Å². The van der Waals surface area contributed by atoms with Crippen molar-refractivity contribution in [1.29, 1.82) is 0 Å². The largest absolute Gasteiger partial charge is 0.326 e. The highest BCUT2D eigenvalue weighted by Gasteiger charge is 2.29. The van der Waals surface area contributed by atoms with Crippen molar-refractivity contribution in [2.75, 3.05) is 31.5 Å². The Kier molecular flexibility index (Phi) is 6.01. The van der Waals surface area contributed by atoms with Crippen LogP contribution in [-0.4, -0.2) is 52.6 Å². The van der Waals surface area contributed by atoms with Gasteiger partial charge in [-0.25, -0.2) is 9.37 Å². The van der Waals surface area contributed by atoms with Gasteiger partial charge in [0.2, 0.25) is 5.91 Å². The van der Waals surface area contributed by atoms with Gasteiger partial charge >= 0.3 is 0 Å². The van der Waals surface area contributed by atoms with E-state index >= 15 is 0 Å². The minimum absolute atomic E-state index is 0.0770. The fraction of sp³-hybridized carbons (Fsp3) is 0.360. The lowest BCUT2D eigenvalue weighted by molar-refractivity contribution is -0.116. The highest BCUT2D eigenvalue weighted by molar-refractivity contribution is 5.90. The lowest BCUT2D eigenvalue weighted by Gasteiger charge is -2.33. The Bertz CT molecular complexity index is 1090. The number of hydrogen-bond donors (Lipinski definition) is 2. The van der Waals surface area contributed by atoms with Gasteiger partial charge in [-0.2, -0.15) is 0 Å². The van der Waals surface area contributed by atoms with E-state index in [-0.39, 0.29) is 17.8 Å². The number of aromatic nitrogens is 2. The van der Waals surface area contributed by atoms with E-state index in [2.05, 4.69) is 49.4 Å². The number of likely N-dealkylation sites (tertiary alicyclic amines) is 1. The van der Waals surface area contributed by atoms with Crippen LogP contribution in [0.5, 0.6) is 0 Å². The predicted octanol–water partition coefficient (Wildman–Crippen LogP) is 3.67. The Labute approximate surface area is 187 Å². The number of benzene rings is 2. The highest BCUT2D eigenvalue weighted by Crippen LogP contribution is 2.38. The van der Waals surface area contributed by atoms with E-state index in [1.807, 2.05) is 12.5 Å². The molecule has 2 aliphatic rings. The third-order valence-electron chi connectivity index (χ3n) is 6.55. The smallest absolute Gasteiger partial charge is 0.225 e. The fourth-order valence-corrected chi connectivity index (χ4v) is 4.83. The molecule has 0 saturated carbocycles. The molecular weight excluding hydrogens is 405 g/mol. The molecule has 7 heteroatoms. The number of imidazole rings is 1. The summed E-state index contributed by atoms with van der Waals surface area (Å²) < 4.78 is 15.5. The van der Waals surface area contributed by atoms with Crippen LogP contribution in [-0.2, 0) is 4.79 Å². The molecule has 2 aliphatic heterocycles.